The van der Waals surface area contributed by atoms with Gasteiger partial charge in [0.15, 0.2) is 11.5 Å². The van der Waals surface area contributed by atoms with Crippen LogP contribution in [0.5, 0.6) is 23.0 Å². The van der Waals surface area contributed by atoms with Crippen molar-refractivity contribution in [3.63, 3.8) is 0 Å². The van der Waals surface area contributed by atoms with E-state index < -0.39 is 0 Å². The summed E-state index contributed by atoms with van der Waals surface area (Å²) in [6.45, 7) is 2.62. The van der Waals surface area contributed by atoms with Crippen LogP contribution in [0.15, 0.2) is 36.4 Å². The summed E-state index contributed by atoms with van der Waals surface area (Å²) < 4.78 is 21.3. The van der Waals surface area contributed by atoms with Gasteiger partial charge in [-0.3, -0.25) is 9.69 Å². The van der Waals surface area contributed by atoms with Gasteiger partial charge in [-0.25, -0.2) is 0 Å². The second kappa shape index (κ2) is 8.18. The second-order valence-electron chi connectivity index (χ2n) is 6.33. The van der Waals surface area contributed by atoms with Gasteiger partial charge in [0, 0.05) is 29.9 Å². The average molecular weight is 372 g/mol. The number of amides is 1. The molecule has 2 aromatic rings. The van der Waals surface area contributed by atoms with E-state index in [4.69, 9.17) is 18.9 Å². The third kappa shape index (κ3) is 4.25. The standard InChI is InChI=1S/C20H24N2O5/c1-13(20(23)21-15-6-8-17-19(9-15)27-12-26-17)22(2)11-14-5-7-16(24-3)10-18(14)25-4/h5-10,13H,11-12H2,1-4H3,(H,21,23)/t13-/m0/s1. The molecule has 0 saturated heterocycles. The number of anilines is 1. The Bertz CT molecular complexity index is 824. The van der Waals surface area contributed by atoms with Gasteiger partial charge in [0.25, 0.3) is 0 Å². The monoisotopic (exact) mass is 372 g/mol. The Labute approximate surface area is 158 Å². The molecule has 1 N–H and O–H groups in total. The molecule has 27 heavy (non-hydrogen) atoms. The lowest BCUT2D eigenvalue weighted by Crippen LogP contribution is -2.39. The summed E-state index contributed by atoms with van der Waals surface area (Å²) >= 11 is 0. The fraction of sp³-hybridized carbons (Fsp3) is 0.350. The number of benzene rings is 2. The number of fused-ring (bicyclic) bond motifs is 1. The highest BCUT2D eigenvalue weighted by Crippen LogP contribution is 2.34. The molecule has 3 rings (SSSR count). The molecule has 144 valence electrons. The summed E-state index contributed by atoms with van der Waals surface area (Å²) in [7, 11) is 5.13. The molecule has 0 saturated carbocycles. The third-order valence-electron chi connectivity index (χ3n) is 4.59. The number of methoxy groups -OCH3 is 2. The van der Waals surface area contributed by atoms with E-state index in [0.29, 0.717) is 23.7 Å². The minimum atomic E-state index is -0.345. The number of hydrogen-bond donors (Lipinski definition) is 1. The average Bonchev–Trinajstić information content (AvgIpc) is 3.15. The lowest BCUT2D eigenvalue weighted by Gasteiger charge is -2.25. The normalized spacial score (nSPS) is 13.4. The molecule has 0 unspecified atom stereocenters. The van der Waals surface area contributed by atoms with Gasteiger partial charge in [-0.15, -0.1) is 0 Å². The first-order valence-corrected chi connectivity index (χ1v) is 8.63. The fourth-order valence-electron chi connectivity index (χ4n) is 2.81. The molecular formula is C20H24N2O5. The van der Waals surface area contributed by atoms with Crippen molar-refractivity contribution in [3.05, 3.63) is 42.0 Å². The lowest BCUT2D eigenvalue weighted by molar-refractivity contribution is -0.120. The highest BCUT2D eigenvalue weighted by molar-refractivity contribution is 5.94. The first kappa shape index (κ1) is 18.8. The van der Waals surface area contributed by atoms with Crippen molar-refractivity contribution >= 4 is 11.6 Å². The number of rotatable bonds is 7. The molecule has 7 heteroatoms. The van der Waals surface area contributed by atoms with E-state index in [2.05, 4.69) is 5.32 Å². The van der Waals surface area contributed by atoms with Gasteiger partial charge in [-0.05, 0) is 32.2 Å². The first-order valence-electron chi connectivity index (χ1n) is 8.63. The van der Waals surface area contributed by atoms with Gasteiger partial charge in [0.2, 0.25) is 12.7 Å². The van der Waals surface area contributed by atoms with E-state index in [1.54, 1.807) is 32.4 Å². The van der Waals surface area contributed by atoms with Gasteiger partial charge in [0.05, 0.1) is 20.3 Å². The fourth-order valence-corrected chi connectivity index (χ4v) is 2.81. The van der Waals surface area contributed by atoms with Gasteiger partial charge < -0.3 is 24.3 Å². The molecule has 7 nitrogen and oxygen atoms in total. The molecule has 0 aliphatic carbocycles. The molecule has 2 aromatic carbocycles. The molecule has 0 spiro atoms. The Balaban J connectivity index is 1.64. The SMILES string of the molecule is COc1ccc(CN(C)[C@@H](C)C(=O)Nc2ccc3c(c2)OCO3)c(OC)c1. The van der Waals surface area contributed by atoms with Crippen LogP contribution in [0.25, 0.3) is 0 Å². The van der Waals surface area contributed by atoms with E-state index in [1.807, 2.05) is 37.1 Å². The summed E-state index contributed by atoms with van der Waals surface area (Å²) in [5.41, 5.74) is 1.65. The van der Waals surface area contributed by atoms with E-state index in [9.17, 15) is 4.79 Å². The maximum Gasteiger partial charge on any atom is 0.241 e. The number of nitrogens with one attached hydrogen (secondary N) is 1. The van der Waals surface area contributed by atoms with Crippen LogP contribution >= 0.6 is 0 Å². The van der Waals surface area contributed by atoms with Crippen LogP contribution in [0.2, 0.25) is 0 Å². The Morgan fingerprint density at radius 3 is 2.67 bits per heavy atom. The van der Waals surface area contributed by atoms with Crippen molar-refractivity contribution in [2.45, 2.75) is 19.5 Å². The van der Waals surface area contributed by atoms with Crippen molar-refractivity contribution < 1.29 is 23.7 Å². The summed E-state index contributed by atoms with van der Waals surface area (Å²) in [5.74, 6) is 2.67. The number of ether oxygens (including phenoxy) is 4. The maximum absolute atomic E-state index is 12.6. The largest absolute Gasteiger partial charge is 0.497 e. The van der Waals surface area contributed by atoms with Crippen molar-refractivity contribution in [1.29, 1.82) is 0 Å². The molecule has 1 aliphatic rings. The molecule has 1 atom stereocenters. The van der Waals surface area contributed by atoms with Crippen LogP contribution in [0, 0.1) is 0 Å². The molecule has 0 bridgehead atoms. The smallest absolute Gasteiger partial charge is 0.241 e. The van der Waals surface area contributed by atoms with E-state index in [1.165, 1.54) is 0 Å². The molecule has 0 radical (unpaired) electrons. The minimum absolute atomic E-state index is 0.108. The number of likely N-dealkylation sites (N-methyl/N-ethyl adjacent to an activating group) is 1. The summed E-state index contributed by atoms with van der Waals surface area (Å²) in [5, 5.41) is 2.92. The van der Waals surface area contributed by atoms with E-state index in [0.717, 1.165) is 17.1 Å². The first-order chi connectivity index (χ1) is 13.0. The Kier molecular flexibility index (Phi) is 5.71. The zero-order valence-corrected chi connectivity index (χ0v) is 15.9. The van der Waals surface area contributed by atoms with E-state index >= 15 is 0 Å². The number of carbonyl (C=O) groups excluding carboxylic acids is 1. The summed E-state index contributed by atoms with van der Waals surface area (Å²) in [6, 6.07) is 10.7. The zero-order chi connectivity index (χ0) is 19.4. The van der Waals surface area contributed by atoms with Crippen LogP contribution in [-0.4, -0.2) is 44.9 Å². The quantitative estimate of drug-likeness (QED) is 0.806. The van der Waals surface area contributed by atoms with E-state index in [-0.39, 0.29) is 18.7 Å². The van der Waals surface area contributed by atoms with Gasteiger partial charge in [-0.2, -0.15) is 0 Å². The second-order valence-corrected chi connectivity index (χ2v) is 6.33. The van der Waals surface area contributed by atoms with Crippen molar-refractivity contribution in [1.82, 2.24) is 4.90 Å². The van der Waals surface area contributed by atoms with Crippen LogP contribution in [0.1, 0.15) is 12.5 Å². The van der Waals surface area contributed by atoms with Gasteiger partial charge in [0.1, 0.15) is 11.5 Å². The minimum Gasteiger partial charge on any atom is -0.497 e. The number of carbonyl (C=O) groups is 1. The van der Waals surface area contributed by atoms with Crippen molar-refractivity contribution in [2.75, 3.05) is 33.4 Å². The Hall–Kier alpha value is -2.93. The van der Waals surface area contributed by atoms with Crippen LogP contribution in [0.3, 0.4) is 0 Å². The summed E-state index contributed by atoms with van der Waals surface area (Å²) in [6.07, 6.45) is 0. The summed E-state index contributed by atoms with van der Waals surface area (Å²) in [4.78, 5) is 14.6. The molecule has 1 heterocycles. The molecule has 0 aromatic heterocycles. The van der Waals surface area contributed by atoms with Gasteiger partial charge >= 0.3 is 0 Å². The van der Waals surface area contributed by atoms with Gasteiger partial charge in [-0.1, -0.05) is 6.07 Å². The van der Waals surface area contributed by atoms with Crippen molar-refractivity contribution in [2.24, 2.45) is 0 Å². The molecule has 1 amide bonds. The zero-order valence-electron chi connectivity index (χ0n) is 15.9. The Morgan fingerprint density at radius 1 is 1.15 bits per heavy atom. The number of nitrogens with zero attached hydrogens (tertiary/aromatic N) is 1. The lowest BCUT2D eigenvalue weighted by atomic mass is 10.1. The Morgan fingerprint density at radius 2 is 1.93 bits per heavy atom. The van der Waals surface area contributed by atoms with Crippen LogP contribution in [-0.2, 0) is 11.3 Å². The number of hydrogen-bond acceptors (Lipinski definition) is 6. The molecule has 1 aliphatic heterocycles. The predicted octanol–water partition coefficient (Wildman–Crippen LogP) is 2.89. The maximum atomic E-state index is 12.6. The third-order valence-corrected chi connectivity index (χ3v) is 4.59. The predicted molar refractivity (Wildman–Crippen MR) is 102 cm³/mol. The highest BCUT2D eigenvalue weighted by Gasteiger charge is 2.21. The van der Waals surface area contributed by atoms with Crippen LogP contribution < -0.4 is 24.3 Å². The van der Waals surface area contributed by atoms with Crippen molar-refractivity contribution in [3.8, 4) is 23.0 Å². The van der Waals surface area contributed by atoms with Crippen LogP contribution in [0.4, 0.5) is 5.69 Å². The highest BCUT2D eigenvalue weighted by atomic mass is 16.7. The topological polar surface area (TPSA) is 69.3 Å². The molecule has 0 fully saturated rings. The molecular weight excluding hydrogens is 348 g/mol.